The van der Waals surface area contributed by atoms with Crippen molar-refractivity contribution in [1.29, 1.82) is 0 Å². The molecule has 5 nitrogen and oxygen atoms in total. The maximum atomic E-state index is 5.44. The van der Waals surface area contributed by atoms with Crippen LogP contribution in [0.15, 0.2) is 6.07 Å². The standard InChI is InChI=1S/C12H20N2O3/c1-9-4-11(7-15-2)14(13-9)5-10-6-17-8-12(10)16-3/h4,10,12H,5-8H2,1-3H3/t10?,12-/m1/s1. The van der Waals surface area contributed by atoms with Gasteiger partial charge in [-0.1, -0.05) is 0 Å². The molecule has 1 aromatic rings. The van der Waals surface area contributed by atoms with Crippen LogP contribution in [0.2, 0.25) is 0 Å². The SMILES string of the molecule is COCc1cc(C)nn1CC1COC[C@H]1OC. The molecule has 0 aromatic carbocycles. The van der Waals surface area contributed by atoms with Gasteiger partial charge in [-0.05, 0) is 13.0 Å². The van der Waals surface area contributed by atoms with Crippen LogP contribution in [0.1, 0.15) is 11.4 Å². The zero-order valence-corrected chi connectivity index (χ0v) is 10.7. The average molecular weight is 240 g/mol. The van der Waals surface area contributed by atoms with E-state index in [1.807, 2.05) is 11.6 Å². The fourth-order valence-electron chi connectivity index (χ4n) is 2.25. The van der Waals surface area contributed by atoms with Crippen molar-refractivity contribution in [2.75, 3.05) is 27.4 Å². The van der Waals surface area contributed by atoms with E-state index in [2.05, 4.69) is 11.2 Å². The number of hydrogen-bond acceptors (Lipinski definition) is 4. The first kappa shape index (κ1) is 12.5. The molecule has 0 N–H and O–H groups in total. The van der Waals surface area contributed by atoms with Crippen LogP contribution in [-0.2, 0) is 27.4 Å². The molecule has 1 aliphatic heterocycles. The Hall–Kier alpha value is -0.910. The van der Waals surface area contributed by atoms with Crippen molar-refractivity contribution in [3.8, 4) is 0 Å². The molecule has 17 heavy (non-hydrogen) atoms. The van der Waals surface area contributed by atoms with Crippen molar-refractivity contribution < 1.29 is 14.2 Å². The molecule has 0 radical (unpaired) electrons. The summed E-state index contributed by atoms with van der Waals surface area (Å²) in [6, 6.07) is 2.06. The number of nitrogens with zero attached hydrogens (tertiary/aromatic N) is 2. The van der Waals surface area contributed by atoms with Gasteiger partial charge in [0.05, 0.1) is 37.3 Å². The predicted octanol–water partition coefficient (Wildman–Crippen LogP) is 0.999. The van der Waals surface area contributed by atoms with Crippen LogP contribution in [0.3, 0.4) is 0 Å². The van der Waals surface area contributed by atoms with Gasteiger partial charge in [0, 0.05) is 26.7 Å². The second-order valence-electron chi connectivity index (χ2n) is 4.46. The maximum Gasteiger partial charge on any atom is 0.0881 e. The summed E-state index contributed by atoms with van der Waals surface area (Å²) in [6.45, 7) is 4.83. The second-order valence-corrected chi connectivity index (χ2v) is 4.46. The Kier molecular flexibility index (Phi) is 4.15. The van der Waals surface area contributed by atoms with Crippen molar-refractivity contribution in [3.05, 3.63) is 17.5 Å². The topological polar surface area (TPSA) is 45.5 Å². The number of methoxy groups -OCH3 is 2. The summed E-state index contributed by atoms with van der Waals surface area (Å²) in [5.74, 6) is 0.370. The van der Waals surface area contributed by atoms with E-state index in [-0.39, 0.29) is 6.10 Å². The molecular weight excluding hydrogens is 220 g/mol. The predicted molar refractivity (Wildman–Crippen MR) is 62.8 cm³/mol. The largest absolute Gasteiger partial charge is 0.379 e. The van der Waals surface area contributed by atoms with Crippen molar-refractivity contribution in [3.63, 3.8) is 0 Å². The summed E-state index contributed by atoms with van der Waals surface area (Å²) in [4.78, 5) is 0. The molecule has 0 bridgehead atoms. The quantitative estimate of drug-likeness (QED) is 0.770. The van der Waals surface area contributed by atoms with E-state index in [0.29, 0.717) is 19.1 Å². The van der Waals surface area contributed by atoms with E-state index in [0.717, 1.165) is 24.5 Å². The van der Waals surface area contributed by atoms with Crippen molar-refractivity contribution in [2.45, 2.75) is 26.2 Å². The third-order valence-electron chi connectivity index (χ3n) is 3.13. The van der Waals surface area contributed by atoms with Gasteiger partial charge < -0.3 is 14.2 Å². The molecule has 2 rings (SSSR count). The van der Waals surface area contributed by atoms with Crippen LogP contribution in [0.25, 0.3) is 0 Å². The van der Waals surface area contributed by atoms with E-state index in [9.17, 15) is 0 Å². The first-order chi connectivity index (χ1) is 8.24. The molecular formula is C12H20N2O3. The van der Waals surface area contributed by atoms with Gasteiger partial charge in [-0.3, -0.25) is 4.68 Å². The van der Waals surface area contributed by atoms with Crippen LogP contribution < -0.4 is 0 Å². The summed E-state index contributed by atoms with van der Waals surface area (Å²) < 4.78 is 18.0. The Labute approximate surface area is 102 Å². The Balaban J connectivity index is 2.06. The smallest absolute Gasteiger partial charge is 0.0881 e. The Morgan fingerprint density at radius 3 is 3.00 bits per heavy atom. The monoisotopic (exact) mass is 240 g/mol. The molecule has 2 heterocycles. The van der Waals surface area contributed by atoms with Crippen LogP contribution in [0.4, 0.5) is 0 Å². The molecule has 1 aliphatic rings. The minimum absolute atomic E-state index is 0.176. The Morgan fingerprint density at radius 2 is 2.29 bits per heavy atom. The van der Waals surface area contributed by atoms with E-state index in [1.54, 1.807) is 14.2 Å². The molecule has 0 saturated carbocycles. The molecule has 0 amide bonds. The zero-order chi connectivity index (χ0) is 12.3. The summed E-state index contributed by atoms with van der Waals surface area (Å²) >= 11 is 0. The third-order valence-corrected chi connectivity index (χ3v) is 3.13. The average Bonchev–Trinajstić information content (AvgIpc) is 2.87. The summed E-state index contributed by atoms with van der Waals surface area (Å²) in [7, 11) is 3.43. The zero-order valence-electron chi connectivity index (χ0n) is 10.7. The minimum atomic E-state index is 0.176. The number of aromatic nitrogens is 2. The van der Waals surface area contributed by atoms with Gasteiger partial charge in [-0.2, -0.15) is 5.10 Å². The molecule has 2 atom stereocenters. The molecule has 0 spiro atoms. The molecule has 1 fully saturated rings. The number of ether oxygens (including phenoxy) is 3. The van der Waals surface area contributed by atoms with Gasteiger partial charge in [0.25, 0.3) is 0 Å². The van der Waals surface area contributed by atoms with E-state index in [1.165, 1.54) is 0 Å². The van der Waals surface area contributed by atoms with Gasteiger partial charge >= 0.3 is 0 Å². The molecule has 1 saturated heterocycles. The number of hydrogen-bond donors (Lipinski definition) is 0. The molecule has 0 aliphatic carbocycles. The minimum Gasteiger partial charge on any atom is -0.379 e. The summed E-state index contributed by atoms with van der Waals surface area (Å²) in [5.41, 5.74) is 2.12. The highest BCUT2D eigenvalue weighted by molar-refractivity contribution is 5.08. The van der Waals surface area contributed by atoms with Crippen LogP contribution in [-0.4, -0.2) is 43.3 Å². The van der Waals surface area contributed by atoms with Gasteiger partial charge in [-0.25, -0.2) is 0 Å². The van der Waals surface area contributed by atoms with Gasteiger partial charge in [-0.15, -0.1) is 0 Å². The molecule has 1 unspecified atom stereocenters. The summed E-state index contributed by atoms with van der Waals surface area (Å²) in [6.07, 6.45) is 0.176. The van der Waals surface area contributed by atoms with Crippen molar-refractivity contribution in [1.82, 2.24) is 9.78 Å². The lowest BCUT2D eigenvalue weighted by Gasteiger charge is -2.17. The lowest BCUT2D eigenvalue weighted by atomic mass is 10.1. The van der Waals surface area contributed by atoms with Crippen LogP contribution in [0.5, 0.6) is 0 Å². The highest BCUT2D eigenvalue weighted by atomic mass is 16.5. The van der Waals surface area contributed by atoms with Gasteiger partial charge in [0.15, 0.2) is 0 Å². The van der Waals surface area contributed by atoms with Crippen LogP contribution >= 0.6 is 0 Å². The van der Waals surface area contributed by atoms with Crippen molar-refractivity contribution in [2.24, 2.45) is 5.92 Å². The maximum absolute atomic E-state index is 5.44. The third kappa shape index (κ3) is 2.86. The fourth-order valence-corrected chi connectivity index (χ4v) is 2.25. The van der Waals surface area contributed by atoms with Crippen LogP contribution in [0, 0.1) is 12.8 Å². The van der Waals surface area contributed by atoms with E-state index >= 15 is 0 Å². The molecule has 5 heteroatoms. The van der Waals surface area contributed by atoms with E-state index in [4.69, 9.17) is 14.2 Å². The fraction of sp³-hybridized carbons (Fsp3) is 0.750. The van der Waals surface area contributed by atoms with Crippen molar-refractivity contribution >= 4 is 0 Å². The first-order valence-electron chi connectivity index (χ1n) is 5.87. The van der Waals surface area contributed by atoms with Gasteiger partial charge in [0.2, 0.25) is 0 Å². The Morgan fingerprint density at radius 1 is 1.47 bits per heavy atom. The van der Waals surface area contributed by atoms with E-state index < -0.39 is 0 Å². The number of aryl methyl sites for hydroxylation is 1. The highest BCUT2D eigenvalue weighted by Gasteiger charge is 2.29. The van der Waals surface area contributed by atoms with Gasteiger partial charge in [0.1, 0.15) is 0 Å². The molecule has 1 aromatic heterocycles. The number of rotatable bonds is 5. The summed E-state index contributed by atoms with van der Waals surface area (Å²) in [5, 5.41) is 4.49. The lowest BCUT2D eigenvalue weighted by Crippen LogP contribution is -2.26. The normalized spacial score (nSPS) is 24.4. The highest BCUT2D eigenvalue weighted by Crippen LogP contribution is 2.19. The lowest BCUT2D eigenvalue weighted by molar-refractivity contribution is 0.0617. The second kappa shape index (κ2) is 5.62. The Bertz CT molecular complexity index is 365. The molecule has 96 valence electrons. The first-order valence-corrected chi connectivity index (χ1v) is 5.87.